The van der Waals surface area contributed by atoms with Crippen LogP contribution in [-0.2, 0) is 0 Å². The molecule has 0 spiro atoms. The molecule has 1 aliphatic carbocycles. The maximum Gasteiger partial charge on any atom is 0.000587 e. The molecule has 0 aromatic heterocycles. The van der Waals surface area contributed by atoms with Crippen LogP contribution in [0.3, 0.4) is 0 Å². The van der Waals surface area contributed by atoms with Crippen molar-refractivity contribution >= 4 is 0 Å². The first-order chi connectivity index (χ1) is 5.70. The fourth-order valence-electron chi connectivity index (χ4n) is 3.12. The van der Waals surface area contributed by atoms with Gasteiger partial charge in [0.25, 0.3) is 0 Å². The molecule has 0 amide bonds. The molecule has 1 heterocycles. The van der Waals surface area contributed by atoms with E-state index in [1.165, 1.54) is 38.8 Å². The summed E-state index contributed by atoms with van der Waals surface area (Å²) in [6.07, 6.45) is 5.96. The van der Waals surface area contributed by atoms with Gasteiger partial charge in [-0.15, -0.1) is 0 Å². The van der Waals surface area contributed by atoms with Gasteiger partial charge in [0, 0.05) is 6.54 Å². The molecule has 0 unspecified atom stereocenters. The van der Waals surface area contributed by atoms with Gasteiger partial charge in [-0.2, -0.15) is 0 Å². The number of hydrogen-bond acceptors (Lipinski definition) is 1. The van der Waals surface area contributed by atoms with E-state index < -0.39 is 0 Å². The quantitative estimate of drug-likeness (QED) is 0.632. The summed E-state index contributed by atoms with van der Waals surface area (Å²) in [6.45, 7) is 7.36. The van der Waals surface area contributed by atoms with Crippen LogP contribution in [0.2, 0.25) is 0 Å². The Balaban J connectivity index is 2.02. The Morgan fingerprint density at radius 2 is 1.83 bits per heavy atom. The highest BCUT2D eigenvalue weighted by molar-refractivity contribution is 4.93. The topological polar surface area (TPSA) is 12.0 Å². The van der Waals surface area contributed by atoms with E-state index in [-0.39, 0.29) is 0 Å². The highest BCUT2D eigenvalue weighted by atomic mass is 14.9. The van der Waals surface area contributed by atoms with Crippen LogP contribution in [0.25, 0.3) is 0 Å². The van der Waals surface area contributed by atoms with E-state index >= 15 is 0 Å². The van der Waals surface area contributed by atoms with E-state index in [0.29, 0.717) is 5.41 Å². The predicted molar refractivity (Wildman–Crippen MR) is 52.1 cm³/mol. The summed E-state index contributed by atoms with van der Waals surface area (Å²) in [6, 6.07) is 0. The molecule has 1 heteroatoms. The monoisotopic (exact) mass is 167 g/mol. The van der Waals surface area contributed by atoms with Crippen molar-refractivity contribution in [2.75, 3.05) is 13.1 Å². The Morgan fingerprint density at radius 1 is 1.17 bits per heavy atom. The molecule has 2 aliphatic rings. The van der Waals surface area contributed by atoms with Crippen molar-refractivity contribution < 1.29 is 0 Å². The van der Waals surface area contributed by atoms with E-state index in [1.807, 2.05) is 0 Å². The van der Waals surface area contributed by atoms with Crippen LogP contribution in [-0.4, -0.2) is 13.1 Å². The second-order valence-corrected chi connectivity index (χ2v) is 5.27. The lowest BCUT2D eigenvalue weighted by Gasteiger charge is -2.30. The van der Waals surface area contributed by atoms with Crippen molar-refractivity contribution in [3.8, 4) is 0 Å². The van der Waals surface area contributed by atoms with Crippen LogP contribution in [0, 0.1) is 17.3 Å². The molecule has 1 saturated carbocycles. The Kier molecular flexibility index (Phi) is 2.16. The molecule has 1 N–H and O–H groups in total. The Labute approximate surface area is 75.9 Å². The van der Waals surface area contributed by atoms with Crippen LogP contribution in [0.4, 0.5) is 0 Å². The molecule has 1 nitrogen and oxygen atoms in total. The minimum absolute atomic E-state index is 0.564. The summed E-state index contributed by atoms with van der Waals surface area (Å²) in [5.41, 5.74) is 0.564. The maximum absolute atomic E-state index is 3.54. The molecule has 0 bridgehead atoms. The normalized spacial score (nSPS) is 36.0. The minimum Gasteiger partial charge on any atom is -0.316 e. The molecule has 0 aromatic carbocycles. The zero-order valence-electron chi connectivity index (χ0n) is 8.40. The van der Waals surface area contributed by atoms with Gasteiger partial charge in [0.1, 0.15) is 0 Å². The third kappa shape index (κ3) is 1.39. The van der Waals surface area contributed by atoms with E-state index in [9.17, 15) is 0 Å². The van der Waals surface area contributed by atoms with Gasteiger partial charge >= 0.3 is 0 Å². The van der Waals surface area contributed by atoms with Gasteiger partial charge in [0.2, 0.25) is 0 Å². The average Bonchev–Trinajstić information content (AvgIpc) is 2.55. The van der Waals surface area contributed by atoms with Gasteiger partial charge in [-0.25, -0.2) is 0 Å². The third-order valence-corrected chi connectivity index (χ3v) is 3.92. The summed E-state index contributed by atoms with van der Waals surface area (Å²) < 4.78 is 0. The lowest BCUT2D eigenvalue weighted by Crippen LogP contribution is -2.27. The van der Waals surface area contributed by atoms with Crippen molar-refractivity contribution in [1.29, 1.82) is 0 Å². The third-order valence-electron chi connectivity index (χ3n) is 3.92. The molecule has 1 atom stereocenters. The van der Waals surface area contributed by atoms with Gasteiger partial charge in [0.05, 0.1) is 0 Å². The average molecular weight is 167 g/mol. The molecule has 0 radical (unpaired) electrons. The second-order valence-electron chi connectivity index (χ2n) is 5.27. The van der Waals surface area contributed by atoms with Crippen LogP contribution in [0.15, 0.2) is 0 Å². The van der Waals surface area contributed by atoms with Crippen LogP contribution >= 0.6 is 0 Å². The zero-order chi connectivity index (χ0) is 8.60. The number of hydrogen-bond donors (Lipinski definition) is 1. The predicted octanol–water partition coefficient (Wildman–Crippen LogP) is 2.42. The summed E-state index contributed by atoms with van der Waals surface area (Å²) in [5.74, 6) is 2.00. The standard InChI is InChI=1S/C11H21N/c1-11(2)8-12-7-10(11)9-5-3-4-6-9/h9-10,12H,3-8H2,1-2H3/t10-/m0/s1. The smallest absolute Gasteiger partial charge is 0.000587 e. The molecule has 1 aliphatic heterocycles. The zero-order valence-corrected chi connectivity index (χ0v) is 8.40. The minimum atomic E-state index is 0.564. The molecular formula is C11H21N. The van der Waals surface area contributed by atoms with Gasteiger partial charge in [-0.05, 0) is 23.8 Å². The van der Waals surface area contributed by atoms with E-state index in [2.05, 4.69) is 19.2 Å². The van der Waals surface area contributed by atoms with Gasteiger partial charge in [-0.3, -0.25) is 0 Å². The van der Waals surface area contributed by atoms with E-state index in [4.69, 9.17) is 0 Å². The summed E-state index contributed by atoms with van der Waals surface area (Å²) in [4.78, 5) is 0. The summed E-state index contributed by atoms with van der Waals surface area (Å²) in [7, 11) is 0. The fourth-order valence-corrected chi connectivity index (χ4v) is 3.12. The number of nitrogens with one attached hydrogen (secondary N) is 1. The highest BCUT2D eigenvalue weighted by Crippen LogP contribution is 2.42. The highest BCUT2D eigenvalue weighted by Gasteiger charge is 2.39. The molecular weight excluding hydrogens is 146 g/mol. The van der Waals surface area contributed by atoms with Crippen LogP contribution < -0.4 is 5.32 Å². The van der Waals surface area contributed by atoms with E-state index in [1.54, 1.807) is 0 Å². The second kappa shape index (κ2) is 3.02. The first-order valence-electron chi connectivity index (χ1n) is 5.41. The Morgan fingerprint density at radius 3 is 2.33 bits per heavy atom. The van der Waals surface area contributed by atoms with Crippen molar-refractivity contribution in [3.63, 3.8) is 0 Å². The molecule has 12 heavy (non-hydrogen) atoms. The van der Waals surface area contributed by atoms with Gasteiger partial charge < -0.3 is 5.32 Å². The summed E-state index contributed by atoms with van der Waals surface area (Å²) >= 11 is 0. The molecule has 1 saturated heterocycles. The maximum atomic E-state index is 3.54. The van der Waals surface area contributed by atoms with Crippen molar-refractivity contribution in [3.05, 3.63) is 0 Å². The Hall–Kier alpha value is -0.0400. The van der Waals surface area contributed by atoms with Gasteiger partial charge in [-0.1, -0.05) is 39.5 Å². The largest absolute Gasteiger partial charge is 0.316 e. The SMILES string of the molecule is CC1(C)CNC[C@H]1C1CCCC1. The lowest BCUT2D eigenvalue weighted by atomic mass is 9.74. The molecule has 0 aromatic rings. The van der Waals surface area contributed by atoms with Crippen LogP contribution in [0.1, 0.15) is 39.5 Å². The summed E-state index contributed by atoms with van der Waals surface area (Å²) in [5, 5.41) is 3.54. The lowest BCUT2D eigenvalue weighted by molar-refractivity contribution is 0.202. The first-order valence-corrected chi connectivity index (χ1v) is 5.41. The number of rotatable bonds is 1. The fraction of sp³-hybridized carbons (Fsp3) is 1.00. The molecule has 2 fully saturated rings. The Bertz CT molecular complexity index is 156. The van der Waals surface area contributed by atoms with E-state index in [0.717, 1.165) is 11.8 Å². The van der Waals surface area contributed by atoms with Crippen molar-refractivity contribution in [1.82, 2.24) is 5.32 Å². The van der Waals surface area contributed by atoms with Crippen molar-refractivity contribution in [2.45, 2.75) is 39.5 Å². The molecule has 2 rings (SSSR count). The first kappa shape index (κ1) is 8.55. The van der Waals surface area contributed by atoms with Crippen LogP contribution in [0.5, 0.6) is 0 Å². The van der Waals surface area contributed by atoms with Gasteiger partial charge in [0.15, 0.2) is 0 Å². The molecule has 70 valence electrons. The van der Waals surface area contributed by atoms with Crippen molar-refractivity contribution in [2.24, 2.45) is 17.3 Å².